The summed E-state index contributed by atoms with van der Waals surface area (Å²) in [5, 5.41) is 0. The Morgan fingerprint density at radius 3 is 2.32 bits per heavy atom. The fourth-order valence-electron chi connectivity index (χ4n) is 3.90. The van der Waals surface area contributed by atoms with Crippen molar-refractivity contribution in [1.82, 2.24) is 4.90 Å². The molecule has 0 radical (unpaired) electrons. The predicted octanol–water partition coefficient (Wildman–Crippen LogP) is 2.87. The number of hydrogen-bond donors (Lipinski definition) is 1. The van der Waals surface area contributed by atoms with Crippen LogP contribution >= 0.6 is 12.2 Å². The van der Waals surface area contributed by atoms with Crippen LogP contribution < -0.4 is 5.73 Å². The molecule has 4 heteroatoms. The molecule has 0 aromatic heterocycles. The molecule has 2 fully saturated rings. The highest BCUT2D eigenvalue weighted by Crippen LogP contribution is 2.41. The second-order valence-corrected chi connectivity index (χ2v) is 6.84. The number of rotatable bonds is 3. The number of amides is 1. The molecule has 0 aromatic rings. The Morgan fingerprint density at radius 1 is 1.21 bits per heavy atom. The molecule has 2 aliphatic rings. The van der Waals surface area contributed by atoms with Gasteiger partial charge in [-0.1, -0.05) is 44.8 Å². The molecule has 2 saturated carbocycles. The van der Waals surface area contributed by atoms with Gasteiger partial charge >= 0.3 is 0 Å². The van der Waals surface area contributed by atoms with Crippen molar-refractivity contribution in [3.8, 4) is 0 Å². The van der Waals surface area contributed by atoms with E-state index in [0.717, 1.165) is 32.1 Å². The number of carbonyl (C=O) groups is 1. The average Bonchev–Trinajstić information content (AvgIpc) is 2.88. The third-order valence-corrected chi connectivity index (χ3v) is 5.61. The lowest BCUT2D eigenvalue weighted by Crippen LogP contribution is -2.52. The minimum atomic E-state index is -0.540. The van der Waals surface area contributed by atoms with Gasteiger partial charge in [0.15, 0.2) is 0 Å². The summed E-state index contributed by atoms with van der Waals surface area (Å²) in [5.41, 5.74) is 5.38. The molecule has 108 valence electrons. The van der Waals surface area contributed by atoms with E-state index in [1.807, 2.05) is 11.9 Å². The molecule has 0 aliphatic heterocycles. The molecular weight excluding hydrogens is 256 g/mol. The molecule has 2 aliphatic carbocycles. The monoisotopic (exact) mass is 282 g/mol. The maximum absolute atomic E-state index is 12.9. The summed E-state index contributed by atoms with van der Waals surface area (Å²) in [6.07, 6.45) is 8.68. The van der Waals surface area contributed by atoms with E-state index in [1.165, 1.54) is 19.3 Å². The number of hydrogen-bond acceptors (Lipinski definition) is 2. The van der Waals surface area contributed by atoms with E-state index in [9.17, 15) is 4.79 Å². The van der Waals surface area contributed by atoms with Crippen molar-refractivity contribution < 1.29 is 4.79 Å². The van der Waals surface area contributed by atoms with Crippen molar-refractivity contribution in [3.05, 3.63) is 0 Å². The molecule has 0 saturated heterocycles. The number of thiocarbonyl (C=S) groups is 1. The fourth-order valence-corrected chi connectivity index (χ4v) is 4.20. The SMILES string of the molecule is CC1CCCCC1N(C)C(=O)C1(C(N)=S)CCCC1. The van der Waals surface area contributed by atoms with E-state index in [0.29, 0.717) is 16.9 Å². The van der Waals surface area contributed by atoms with Gasteiger partial charge in [0.25, 0.3) is 0 Å². The Bertz CT molecular complexity index is 363. The van der Waals surface area contributed by atoms with Gasteiger partial charge in [-0.05, 0) is 31.6 Å². The lowest BCUT2D eigenvalue weighted by molar-refractivity contribution is -0.140. The highest BCUT2D eigenvalue weighted by atomic mass is 32.1. The lowest BCUT2D eigenvalue weighted by Gasteiger charge is -2.40. The van der Waals surface area contributed by atoms with Gasteiger partial charge in [0.2, 0.25) is 5.91 Å². The zero-order valence-electron chi connectivity index (χ0n) is 12.2. The van der Waals surface area contributed by atoms with E-state index in [1.54, 1.807) is 0 Å². The van der Waals surface area contributed by atoms with Crippen LogP contribution in [-0.4, -0.2) is 28.9 Å². The smallest absolute Gasteiger partial charge is 0.235 e. The van der Waals surface area contributed by atoms with Crippen LogP contribution in [0.2, 0.25) is 0 Å². The van der Waals surface area contributed by atoms with Crippen molar-refractivity contribution in [1.29, 1.82) is 0 Å². The summed E-state index contributed by atoms with van der Waals surface area (Å²) in [5.74, 6) is 0.767. The molecule has 0 spiro atoms. The van der Waals surface area contributed by atoms with Gasteiger partial charge in [-0.25, -0.2) is 0 Å². The van der Waals surface area contributed by atoms with Gasteiger partial charge in [0.05, 0.1) is 10.4 Å². The second kappa shape index (κ2) is 5.78. The first-order valence-corrected chi connectivity index (χ1v) is 7.97. The highest BCUT2D eigenvalue weighted by molar-refractivity contribution is 7.80. The van der Waals surface area contributed by atoms with E-state index in [4.69, 9.17) is 18.0 Å². The fraction of sp³-hybridized carbons (Fsp3) is 0.867. The van der Waals surface area contributed by atoms with Crippen LogP contribution in [0.1, 0.15) is 58.3 Å². The Hall–Kier alpha value is -0.640. The first-order chi connectivity index (χ1) is 8.99. The predicted molar refractivity (Wildman–Crippen MR) is 81.9 cm³/mol. The summed E-state index contributed by atoms with van der Waals surface area (Å²) in [6.45, 7) is 2.26. The molecule has 2 unspecified atom stereocenters. The maximum atomic E-state index is 12.9. The Labute approximate surface area is 121 Å². The summed E-state index contributed by atoms with van der Waals surface area (Å²) in [6, 6.07) is 0.369. The van der Waals surface area contributed by atoms with Gasteiger partial charge < -0.3 is 10.6 Å². The topological polar surface area (TPSA) is 46.3 Å². The van der Waals surface area contributed by atoms with Crippen molar-refractivity contribution >= 4 is 23.1 Å². The zero-order valence-corrected chi connectivity index (χ0v) is 13.0. The average molecular weight is 282 g/mol. The molecule has 3 nitrogen and oxygen atoms in total. The number of nitrogens with zero attached hydrogens (tertiary/aromatic N) is 1. The van der Waals surface area contributed by atoms with Crippen molar-refractivity contribution in [3.63, 3.8) is 0 Å². The molecule has 2 N–H and O–H groups in total. The van der Waals surface area contributed by atoms with E-state index in [-0.39, 0.29) is 5.91 Å². The van der Waals surface area contributed by atoms with E-state index >= 15 is 0 Å². The van der Waals surface area contributed by atoms with E-state index < -0.39 is 5.41 Å². The van der Waals surface area contributed by atoms with Crippen LogP contribution in [-0.2, 0) is 4.79 Å². The molecule has 0 heterocycles. The normalized spacial score (nSPS) is 30.0. The minimum absolute atomic E-state index is 0.177. The van der Waals surface area contributed by atoms with Crippen LogP contribution in [0.25, 0.3) is 0 Å². The van der Waals surface area contributed by atoms with Gasteiger partial charge in [-0.2, -0.15) is 0 Å². The van der Waals surface area contributed by atoms with Crippen molar-refractivity contribution in [2.24, 2.45) is 17.1 Å². The van der Waals surface area contributed by atoms with Crippen molar-refractivity contribution in [2.75, 3.05) is 7.05 Å². The lowest BCUT2D eigenvalue weighted by atomic mass is 9.81. The largest absolute Gasteiger partial charge is 0.392 e. The summed E-state index contributed by atoms with van der Waals surface area (Å²) in [7, 11) is 1.95. The third kappa shape index (κ3) is 2.64. The molecule has 19 heavy (non-hydrogen) atoms. The van der Waals surface area contributed by atoms with Crippen LogP contribution in [0.3, 0.4) is 0 Å². The minimum Gasteiger partial charge on any atom is -0.392 e. The van der Waals surface area contributed by atoms with Crippen LogP contribution in [0.15, 0.2) is 0 Å². The summed E-state index contributed by atoms with van der Waals surface area (Å²) >= 11 is 5.22. The molecule has 0 aromatic carbocycles. The molecule has 0 bridgehead atoms. The van der Waals surface area contributed by atoms with Crippen LogP contribution in [0, 0.1) is 11.3 Å². The van der Waals surface area contributed by atoms with Gasteiger partial charge in [0.1, 0.15) is 0 Å². The van der Waals surface area contributed by atoms with E-state index in [2.05, 4.69) is 6.92 Å². The molecule has 2 atom stereocenters. The molecule has 2 rings (SSSR count). The first kappa shape index (κ1) is 14.8. The summed E-state index contributed by atoms with van der Waals surface area (Å²) in [4.78, 5) is 15.3. The Morgan fingerprint density at radius 2 is 1.79 bits per heavy atom. The quantitative estimate of drug-likeness (QED) is 0.810. The Balaban J connectivity index is 2.15. The van der Waals surface area contributed by atoms with Gasteiger partial charge in [0, 0.05) is 13.1 Å². The number of carbonyl (C=O) groups excluding carboxylic acids is 1. The highest BCUT2D eigenvalue weighted by Gasteiger charge is 2.47. The molecular formula is C15H26N2OS. The zero-order chi connectivity index (χ0) is 14.0. The Kier molecular flexibility index (Phi) is 4.49. The molecule has 1 amide bonds. The first-order valence-electron chi connectivity index (χ1n) is 7.56. The van der Waals surface area contributed by atoms with Gasteiger partial charge in [-0.3, -0.25) is 4.79 Å². The number of nitrogens with two attached hydrogens (primary N) is 1. The second-order valence-electron chi connectivity index (χ2n) is 6.40. The summed E-state index contributed by atoms with van der Waals surface area (Å²) < 4.78 is 0. The van der Waals surface area contributed by atoms with Crippen LogP contribution in [0.4, 0.5) is 0 Å². The maximum Gasteiger partial charge on any atom is 0.235 e. The third-order valence-electron chi connectivity index (χ3n) is 5.22. The van der Waals surface area contributed by atoms with Crippen molar-refractivity contribution in [2.45, 2.75) is 64.3 Å². The van der Waals surface area contributed by atoms with Crippen LogP contribution in [0.5, 0.6) is 0 Å². The standard InChI is InChI=1S/C15H26N2OS/c1-11-7-3-4-8-12(11)17(2)14(18)15(13(16)19)9-5-6-10-15/h11-12H,3-10H2,1-2H3,(H2,16,19). The van der Waals surface area contributed by atoms with Gasteiger partial charge in [-0.15, -0.1) is 0 Å².